The van der Waals surface area contributed by atoms with E-state index in [0.717, 1.165) is 23.7 Å². The number of hydrogen-bond donors (Lipinski definition) is 0. The monoisotopic (exact) mass is 315 g/mol. The Morgan fingerprint density at radius 2 is 0.952 bits per heavy atom. The van der Waals surface area contributed by atoms with Crippen molar-refractivity contribution in [2.45, 2.75) is 81.1 Å². The smallest absolute Gasteiger partial charge is 0.0619 e. The minimum absolute atomic E-state index is 0.768. The third-order valence-electron chi connectivity index (χ3n) is 5.37. The Hall–Kier alpha value is 0.430. The zero-order valence-corrected chi connectivity index (χ0v) is 17.3. The molecule has 0 aromatic heterocycles. The van der Waals surface area contributed by atoms with E-state index in [2.05, 4.69) is 55.4 Å². The third kappa shape index (κ3) is 9.22. The Morgan fingerprint density at radius 1 is 0.619 bits per heavy atom. The van der Waals surface area contributed by atoms with E-state index in [0.29, 0.717) is 0 Å². The first-order valence-electron chi connectivity index (χ1n) is 9.63. The molecule has 0 radical (unpaired) electrons. The van der Waals surface area contributed by atoms with Crippen LogP contribution in [0.25, 0.3) is 0 Å². The fraction of sp³-hybridized carbons (Fsp3) is 1.00. The van der Waals surface area contributed by atoms with Gasteiger partial charge in [-0.2, -0.15) is 0 Å². The van der Waals surface area contributed by atoms with Gasteiger partial charge in [-0.15, -0.1) is 0 Å². The molecule has 1 heteroatoms. The van der Waals surface area contributed by atoms with Crippen molar-refractivity contribution in [1.29, 1.82) is 0 Å². The molecule has 0 rings (SSSR count). The second-order valence-corrected chi connectivity index (χ2v) is 12.6. The maximum atomic E-state index is 2.50. The molecule has 0 N–H and O–H groups in total. The summed E-state index contributed by atoms with van der Waals surface area (Å²) in [4.78, 5) is 0. The summed E-state index contributed by atoms with van der Waals surface area (Å²) in [6, 6.07) is 0. The summed E-state index contributed by atoms with van der Waals surface area (Å²) in [6.07, 6.45) is 11.8. The van der Waals surface area contributed by atoms with Crippen LogP contribution in [0.15, 0.2) is 0 Å². The van der Waals surface area contributed by atoms with Gasteiger partial charge in [0, 0.05) is 7.26 Å². The summed E-state index contributed by atoms with van der Waals surface area (Å²) in [5.41, 5.74) is 0. The van der Waals surface area contributed by atoms with Crippen molar-refractivity contribution in [2.75, 3.05) is 24.6 Å². The second-order valence-electron chi connectivity index (χ2n) is 8.34. The summed E-state index contributed by atoms with van der Waals surface area (Å²) in [7, 11) is -0.768. The van der Waals surface area contributed by atoms with E-state index < -0.39 is 7.26 Å². The molecule has 0 nitrogen and oxygen atoms in total. The maximum Gasteiger partial charge on any atom is 0.0619 e. The number of rotatable bonds is 12. The highest BCUT2D eigenvalue weighted by Crippen LogP contribution is 2.63. The molecule has 0 saturated heterocycles. The molecule has 128 valence electrons. The zero-order chi connectivity index (χ0) is 16.5. The van der Waals surface area contributed by atoms with E-state index in [-0.39, 0.29) is 0 Å². The SMILES string of the molecule is CCC(C)C[P+](CCC(C)C)(CC(C)CC)CC(C)CC. The van der Waals surface area contributed by atoms with Gasteiger partial charge in [-0.05, 0) is 30.1 Å². The van der Waals surface area contributed by atoms with Crippen LogP contribution in [0.1, 0.15) is 81.1 Å². The van der Waals surface area contributed by atoms with Crippen LogP contribution in [-0.2, 0) is 0 Å². The van der Waals surface area contributed by atoms with E-state index >= 15 is 0 Å². The Bertz CT molecular complexity index is 215. The molecule has 0 aliphatic carbocycles. The quantitative estimate of drug-likeness (QED) is 0.334. The lowest BCUT2D eigenvalue weighted by Gasteiger charge is -2.34. The highest BCUT2D eigenvalue weighted by molar-refractivity contribution is 7.75. The highest BCUT2D eigenvalue weighted by atomic mass is 31.2. The van der Waals surface area contributed by atoms with Crippen molar-refractivity contribution in [3.8, 4) is 0 Å². The minimum atomic E-state index is -0.768. The van der Waals surface area contributed by atoms with Crippen molar-refractivity contribution < 1.29 is 0 Å². The van der Waals surface area contributed by atoms with Crippen LogP contribution in [0.3, 0.4) is 0 Å². The first-order chi connectivity index (χ1) is 9.78. The third-order valence-corrected chi connectivity index (χ3v) is 10.8. The Labute approximate surface area is 137 Å². The second kappa shape index (κ2) is 11.0. The molecule has 0 bridgehead atoms. The van der Waals surface area contributed by atoms with Gasteiger partial charge >= 0.3 is 0 Å². The van der Waals surface area contributed by atoms with Crippen molar-refractivity contribution in [2.24, 2.45) is 23.7 Å². The molecule has 0 amide bonds. The van der Waals surface area contributed by atoms with E-state index in [1.807, 2.05) is 0 Å². The van der Waals surface area contributed by atoms with Gasteiger partial charge in [0.25, 0.3) is 0 Å². The lowest BCUT2D eigenvalue weighted by Crippen LogP contribution is -2.23. The van der Waals surface area contributed by atoms with Crippen LogP contribution < -0.4 is 0 Å². The molecule has 0 aromatic carbocycles. The average molecular weight is 316 g/mol. The molecule has 0 aliphatic heterocycles. The average Bonchev–Trinajstić information content (AvgIpc) is 2.44. The van der Waals surface area contributed by atoms with Crippen LogP contribution in [0.2, 0.25) is 0 Å². The molecule has 3 unspecified atom stereocenters. The summed E-state index contributed by atoms with van der Waals surface area (Å²) in [5.74, 6) is 3.66. The number of hydrogen-bond acceptors (Lipinski definition) is 0. The molecule has 21 heavy (non-hydrogen) atoms. The Kier molecular flexibility index (Phi) is 11.3. The summed E-state index contributed by atoms with van der Waals surface area (Å²) < 4.78 is 0. The molecule has 3 atom stereocenters. The van der Waals surface area contributed by atoms with Crippen LogP contribution >= 0.6 is 7.26 Å². The topological polar surface area (TPSA) is 0 Å². The molecular weight excluding hydrogens is 271 g/mol. The van der Waals surface area contributed by atoms with Crippen molar-refractivity contribution in [1.82, 2.24) is 0 Å². The van der Waals surface area contributed by atoms with Gasteiger partial charge in [0.2, 0.25) is 0 Å². The van der Waals surface area contributed by atoms with Gasteiger partial charge < -0.3 is 0 Å². The first kappa shape index (κ1) is 21.4. The molecule has 0 aliphatic rings. The fourth-order valence-corrected chi connectivity index (χ4v) is 10.2. The predicted octanol–water partition coefficient (Wildman–Crippen LogP) is 7.19. The van der Waals surface area contributed by atoms with E-state index in [1.54, 1.807) is 24.6 Å². The zero-order valence-electron chi connectivity index (χ0n) is 16.4. The summed E-state index contributed by atoms with van der Waals surface area (Å²) >= 11 is 0. The van der Waals surface area contributed by atoms with Gasteiger partial charge in [-0.25, -0.2) is 0 Å². The predicted molar refractivity (Wildman–Crippen MR) is 104 cm³/mol. The van der Waals surface area contributed by atoms with Crippen LogP contribution in [0, 0.1) is 23.7 Å². The molecule has 0 aromatic rings. The Morgan fingerprint density at radius 3 is 1.19 bits per heavy atom. The van der Waals surface area contributed by atoms with Gasteiger partial charge in [0.1, 0.15) is 0 Å². The molecular formula is C20H44P+. The standard InChI is InChI=1S/C20H44P/c1-9-18(6)14-21(13-12-17(4)5,15-19(7)10-2)16-20(8)11-3/h17-20H,9-16H2,1-8H3/q+1. The van der Waals surface area contributed by atoms with Crippen LogP contribution in [0.5, 0.6) is 0 Å². The highest BCUT2D eigenvalue weighted by Gasteiger charge is 2.40. The van der Waals surface area contributed by atoms with Crippen LogP contribution in [0.4, 0.5) is 0 Å². The normalized spacial score (nSPS) is 19.3. The van der Waals surface area contributed by atoms with E-state index in [4.69, 9.17) is 0 Å². The van der Waals surface area contributed by atoms with E-state index in [9.17, 15) is 0 Å². The summed E-state index contributed by atoms with van der Waals surface area (Å²) in [6.45, 7) is 19.5. The van der Waals surface area contributed by atoms with Gasteiger partial charge in [0.05, 0.1) is 24.6 Å². The molecule has 0 fully saturated rings. The van der Waals surface area contributed by atoms with Gasteiger partial charge in [-0.1, -0.05) is 74.7 Å². The van der Waals surface area contributed by atoms with Crippen LogP contribution in [-0.4, -0.2) is 24.6 Å². The van der Waals surface area contributed by atoms with Crippen molar-refractivity contribution in [3.63, 3.8) is 0 Å². The molecule has 0 saturated carbocycles. The van der Waals surface area contributed by atoms with Gasteiger partial charge in [0.15, 0.2) is 0 Å². The fourth-order valence-electron chi connectivity index (χ4n) is 3.40. The lowest BCUT2D eigenvalue weighted by atomic mass is 10.1. The Balaban J connectivity index is 5.13. The van der Waals surface area contributed by atoms with E-state index in [1.165, 1.54) is 25.7 Å². The van der Waals surface area contributed by atoms with Crippen molar-refractivity contribution >= 4 is 7.26 Å². The molecule has 0 heterocycles. The van der Waals surface area contributed by atoms with Crippen molar-refractivity contribution in [3.05, 3.63) is 0 Å². The molecule has 0 spiro atoms. The van der Waals surface area contributed by atoms with Gasteiger partial charge in [-0.3, -0.25) is 0 Å². The lowest BCUT2D eigenvalue weighted by molar-refractivity contribution is 0.575. The largest absolute Gasteiger partial charge is 0.0650 e. The summed E-state index contributed by atoms with van der Waals surface area (Å²) in [5, 5.41) is 0. The minimum Gasteiger partial charge on any atom is -0.0650 e. The maximum absolute atomic E-state index is 2.50. The first-order valence-corrected chi connectivity index (χ1v) is 12.2.